The average Bonchev–Trinajstić information content (AvgIpc) is 2.86. The van der Waals surface area contributed by atoms with E-state index in [0.29, 0.717) is 18.9 Å². The van der Waals surface area contributed by atoms with Gasteiger partial charge >= 0.3 is 0 Å². The Bertz CT molecular complexity index is 1290. The molecule has 1 aliphatic heterocycles. The van der Waals surface area contributed by atoms with Crippen molar-refractivity contribution in [1.29, 1.82) is 0 Å². The van der Waals surface area contributed by atoms with Crippen LogP contribution in [0.25, 0.3) is 0 Å². The SMILES string of the molecule is Cc1ccc(S(=O)(=O)N(CC(=O)Nc2ccc(N3CCOCC3)cc2)c2cccc(Cl)c2Cl)cc1. The summed E-state index contributed by atoms with van der Waals surface area (Å²) in [5.74, 6) is -0.518. The monoisotopic (exact) mass is 533 g/mol. The van der Waals surface area contributed by atoms with E-state index in [0.717, 1.165) is 28.6 Å². The van der Waals surface area contributed by atoms with Gasteiger partial charge in [0.05, 0.1) is 33.8 Å². The molecular weight excluding hydrogens is 509 g/mol. The first kappa shape index (κ1) is 25.3. The number of sulfonamides is 1. The minimum atomic E-state index is -4.11. The van der Waals surface area contributed by atoms with Gasteiger partial charge in [0, 0.05) is 24.5 Å². The van der Waals surface area contributed by atoms with Gasteiger partial charge in [-0.15, -0.1) is 0 Å². The first-order chi connectivity index (χ1) is 16.8. The molecule has 0 aliphatic carbocycles. The highest BCUT2D eigenvalue weighted by Crippen LogP contribution is 2.35. The summed E-state index contributed by atoms with van der Waals surface area (Å²) in [6.45, 7) is 4.34. The van der Waals surface area contributed by atoms with E-state index in [2.05, 4.69) is 10.2 Å². The Morgan fingerprint density at radius 2 is 1.66 bits per heavy atom. The number of morpholine rings is 1. The van der Waals surface area contributed by atoms with E-state index < -0.39 is 22.5 Å². The Morgan fingerprint density at radius 1 is 1.00 bits per heavy atom. The number of aryl methyl sites for hydroxylation is 1. The van der Waals surface area contributed by atoms with Gasteiger partial charge in [-0.25, -0.2) is 8.42 Å². The van der Waals surface area contributed by atoms with E-state index >= 15 is 0 Å². The van der Waals surface area contributed by atoms with Crippen molar-refractivity contribution in [3.05, 3.63) is 82.3 Å². The van der Waals surface area contributed by atoms with Gasteiger partial charge < -0.3 is 15.0 Å². The molecule has 184 valence electrons. The number of amides is 1. The zero-order chi connectivity index (χ0) is 25.0. The van der Waals surface area contributed by atoms with E-state index in [1.807, 2.05) is 19.1 Å². The van der Waals surface area contributed by atoms with E-state index in [1.165, 1.54) is 18.2 Å². The van der Waals surface area contributed by atoms with Gasteiger partial charge in [-0.05, 0) is 55.5 Å². The van der Waals surface area contributed by atoms with Crippen molar-refractivity contribution >= 4 is 56.2 Å². The standard InChI is InChI=1S/C25H25Cl2N3O4S/c1-18-5-11-21(12-6-18)35(32,33)30(23-4-2-3-22(26)25(23)27)17-24(31)28-19-7-9-20(10-8-19)29-13-15-34-16-14-29/h2-12H,13-17H2,1H3,(H,28,31). The molecule has 1 heterocycles. The summed E-state index contributed by atoms with van der Waals surface area (Å²) in [4.78, 5) is 15.2. The fourth-order valence-corrected chi connectivity index (χ4v) is 5.61. The van der Waals surface area contributed by atoms with Gasteiger partial charge in [0.1, 0.15) is 6.54 Å². The summed E-state index contributed by atoms with van der Waals surface area (Å²) < 4.78 is 33.4. The van der Waals surface area contributed by atoms with Crippen LogP contribution in [-0.4, -0.2) is 47.2 Å². The first-order valence-corrected chi connectivity index (χ1v) is 13.2. The Kier molecular flexibility index (Phi) is 7.86. The van der Waals surface area contributed by atoms with Crippen LogP contribution in [0.2, 0.25) is 10.0 Å². The Morgan fingerprint density at radius 3 is 2.31 bits per heavy atom. The first-order valence-electron chi connectivity index (χ1n) is 11.0. The molecule has 0 radical (unpaired) electrons. The van der Waals surface area contributed by atoms with Crippen LogP contribution in [0.1, 0.15) is 5.56 Å². The fourth-order valence-electron chi connectivity index (χ4n) is 3.73. The number of hydrogen-bond acceptors (Lipinski definition) is 5. The molecule has 0 saturated carbocycles. The van der Waals surface area contributed by atoms with E-state index in [9.17, 15) is 13.2 Å². The van der Waals surface area contributed by atoms with Crippen molar-refractivity contribution < 1.29 is 17.9 Å². The molecule has 1 fully saturated rings. The van der Waals surface area contributed by atoms with E-state index in [4.69, 9.17) is 27.9 Å². The van der Waals surface area contributed by atoms with Crippen molar-refractivity contribution in [2.24, 2.45) is 0 Å². The molecule has 10 heteroatoms. The molecule has 0 aromatic heterocycles. The predicted molar refractivity (Wildman–Crippen MR) is 140 cm³/mol. The molecule has 1 saturated heterocycles. The van der Waals surface area contributed by atoms with Gasteiger partial charge in [0.15, 0.2) is 0 Å². The van der Waals surface area contributed by atoms with Crippen LogP contribution in [0.15, 0.2) is 71.6 Å². The molecular formula is C25H25Cl2N3O4S. The van der Waals surface area contributed by atoms with Gasteiger partial charge in [0.2, 0.25) is 5.91 Å². The predicted octanol–water partition coefficient (Wildman–Crippen LogP) is 4.97. The maximum absolute atomic E-state index is 13.5. The number of benzene rings is 3. The highest BCUT2D eigenvalue weighted by molar-refractivity contribution is 7.92. The lowest BCUT2D eigenvalue weighted by atomic mass is 10.2. The minimum absolute atomic E-state index is 0.0433. The van der Waals surface area contributed by atoms with Crippen LogP contribution in [0.3, 0.4) is 0 Å². The van der Waals surface area contributed by atoms with Gasteiger partial charge in [0.25, 0.3) is 10.0 Å². The maximum atomic E-state index is 13.5. The summed E-state index contributed by atoms with van der Waals surface area (Å²) in [6.07, 6.45) is 0. The molecule has 3 aromatic rings. The molecule has 3 aromatic carbocycles. The number of ether oxygens (including phenoxy) is 1. The second kappa shape index (κ2) is 10.9. The summed E-state index contributed by atoms with van der Waals surface area (Å²) in [7, 11) is -4.11. The molecule has 0 bridgehead atoms. The Hall–Kier alpha value is -2.78. The van der Waals surface area contributed by atoms with Crippen molar-refractivity contribution in [3.63, 3.8) is 0 Å². The highest BCUT2D eigenvalue weighted by atomic mass is 35.5. The molecule has 35 heavy (non-hydrogen) atoms. The zero-order valence-electron chi connectivity index (χ0n) is 19.1. The lowest BCUT2D eigenvalue weighted by Crippen LogP contribution is -2.38. The van der Waals surface area contributed by atoms with Crippen LogP contribution in [0, 0.1) is 6.92 Å². The molecule has 0 unspecified atom stereocenters. The van der Waals surface area contributed by atoms with E-state index in [-0.39, 0.29) is 20.6 Å². The molecule has 1 N–H and O–H groups in total. The normalized spacial score (nSPS) is 14.0. The van der Waals surface area contributed by atoms with Gasteiger partial charge in [-0.2, -0.15) is 0 Å². The number of nitrogens with zero attached hydrogens (tertiary/aromatic N) is 2. The smallest absolute Gasteiger partial charge is 0.264 e. The minimum Gasteiger partial charge on any atom is -0.378 e. The van der Waals surface area contributed by atoms with E-state index in [1.54, 1.807) is 36.4 Å². The van der Waals surface area contributed by atoms with Crippen LogP contribution in [0.4, 0.5) is 17.1 Å². The molecule has 0 atom stereocenters. The fraction of sp³-hybridized carbons (Fsp3) is 0.240. The van der Waals surface area contributed by atoms with Gasteiger partial charge in [-0.3, -0.25) is 9.10 Å². The van der Waals surface area contributed by atoms with Gasteiger partial charge in [-0.1, -0.05) is 47.0 Å². The van der Waals surface area contributed by atoms with Crippen LogP contribution < -0.4 is 14.5 Å². The second-order valence-electron chi connectivity index (χ2n) is 8.09. The molecule has 1 amide bonds. The zero-order valence-corrected chi connectivity index (χ0v) is 21.4. The number of halogens is 2. The quantitative estimate of drug-likeness (QED) is 0.463. The topological polar surface area (TPSA) is 79.0 Å². The lowest BCUT2D eigenvalue weighted by Gasteiger charge is -2.29. The Labute approximate surface area is 215 Å². The summed E-state index contributed by atoms with van der Waals surface area (Å²) in [5.41, 5.74) is 2.62. The third kappa shape index (κ3) is 5.90. The third-order valence-corrected chi connectivity index (χ3v) is 8.21. The van der Waals surface area contributed by atoms with Crippen LogP contribution in [0.5, 0.6) is 0 Å². The maximum Gasteiger partial charge on any atom is 0.264 e. The average molecular weight is 534 g/mol. The molecule has 1 aliphatic rings. The summed E-state index contributed by atoms with van der Waals surface area (Å²) >= 11 is 12.5. The number of carbonyl (C=O) groups is 1. The van der Waals surface area contributed by atoms with Crippen molar-refractivity contribution in [3.8, 4) is 0 Å². The van der Waals surface area contributed by atoms with Crippen LogP contribution in [-0.2, 0) is 19.6 Å². The largest absolute Gasteiger partial charge is 0.378 e. The number of hydrogen-bond donors (Lipinski definition) is 1. The Balaban J connectivity index is 1.57. The number of anilines is 3. The van der Waals surface area contributed by atoms with Crippen molar-refractivity contribution in [1.82, 2.24) is 0 Å². The molecule has 4 rings (SSSR count). The van der Waals surface area contributed by atoms with Crippen molar-refractivity contribution in [2.45, 2.75) is 11.8 Å². The number of carbonyl (C=O) groups excluding carboxylic acids is 1. The molecule has 0 spiro atoms. The van der Waals surface area contributed by atoms with Crippen LogP contribution >= 0.6 is 23.2 Å². The molecule has 7 nitrogen and oxygen atoms in total. The number of rotatable bonds is 7. The number of nitrogens with one attached hydrogen (secondary N) is 1. The second-order valence-corrected chi connectivity index (χ2v) is 10.7. The lowest BCUT2D eigenvalue weighted by molar-refractivity contribution is -0.114. The van der Waals surface area contributed by atoms with Crippen molar-refractivity contribution in [2.75, 3.05) is 47.4 Å². The summed E-state index contributed by atoms with van der Waals surface area (Å²) in [6, 6.07) is 18.4. The summed E-state index contributed by atoms with van der Waals surface area (Å²) in [5, 5.41) is 3.01. The third-order valence-electron chi connectivity index (χ3n) is 5.62. The highest BCUT2D eigenvalue weighted by Gasteiger charge is 2.29.